The predicted octanol–water partition coefficient (Wildman–Crippen LogP) is 0.707. The molecule has 5 nitrogen and oxygen atoms in total. The summed E-state index contributed by atoms with van der Waals surface area (Å²) in [5, 5.41) is 8.58. The molecule has 70 valence electrons. The Morgan fingerprint density at radius 3 is 2.54 bits per heavy atom. The van der Waals surface area contributed by atoms with Gasteiger partial charge in [-0.15, -0.1) is 0 Å². The molecule has 13 heavy (non-hydrogen) atoms. The standard InChI is InChI=1S/C6H4ClNO4S/c7-13(11,12)5-3-8-2-1-4(5)6(9)10/h1-3H,(H,9,10). The lowest BCUT2D eigenvalue weighted by Gasteiger charge is -1.99. The smallest absolute Gasteiger partial charge is 0.337 e. The molecule has 1 aromatic heterocycles. The average Bonchev–Trinajstić information content (AvgIpc) is 2.03. The van der Waals surface area contributed by atoms with Crippen LogP contribution in [0.2, 0.25) is 0 Å². The fraction of sp³-hybridized carbons (Fsp3) is 0. The molecule has 0 aromatic carbocycles. The van der Waals surface area contributed by atoms with Gasteiger partial charge >= 0.3 is 5.97 Å². The molecule has 1 rings (SSSR count). The van der Waals surface area contributed by atoms with Gasteiger partial charge in [-0.1, -0.05) is 0 Å². The van der Waals surface area contributed by atoms with E-state index in [2.05, 4.69) is 4.98 Å². The highest BCUT2D eigenvalue weighted by molar-refractivity contribution is 8.13. The Morgan fingerprint density at radius 2 is 2.15 bits per heavy atom. The number of rotatable bonds is 2. The average molecular weight is 222 g/mol. The summed E-state index contributed by atoms with van der Waals surface area (Å²) in [5.74, 6) is -1.36. The van der Waals surface area contributed by atoms with E-state index in [9.17, 15) is 13.2 Å². The third-order valence-corrected chi connectivity index (χ3v) is 2.63. The van der Waals surface area contributed by atoms with E-state index in [-0.39, 0.29) is 5.56 Å². The predicted molar refractivity (Wildman–Crippen MR) is 44.2 cm³/mol. The molecule has 0 bridgehead atoms. The molecule has 0 saturated carbocycles. The number of aromatic carboxylic acids is 1. The second kappa shape index (κ2) is 3.31. The number of carboxylic acids is 1. The van der Waals surface area contributed by atoms with Crippen molar-refractivity contribution in [3.8, 4) is 0 Å². The fourth-order valence-electron chi connectivity index (χ4n) is 0.751. The van der Waals surface area contributed by atoms with Crippen LogP contribution < -0.4 is 0 Å². The third kappa shape index (κ3) is 2.16. The maximum atomic E-state index is 10.8. The van der Waals surface area contributed by atoms with Gasteiger partial charge in [0.05, 0.1) is 5.56 Å². The first kappa shape index (κ1) is 9.94. The summed E-state index contributed by atoms with van der Waals surface area (Å²) < 4.78 is 21.6. The molecule has 0 radical (unpaired) electrons. The number of halogens is 1. The molecule has 0 saturated heterocycles. The van der Waals surface area contributed by atoms with E-state index in [0.29, 0.717) is 0 Å². The molecule has 0 spiro atoms. The number of hydrogen-bond acceptors (Lipinski definition) is 4. The minimum absolute atomic E-state index is 0.384. The normalized spacial score (nSPS) is 11.2. The van der Waals surface area contributed by atoms with Gasteiger partial charge in [-0.2, -0.15) is 0 Å². The second-order valence-electron chi connectivity index (χ2n) is 2.11. The van der Waals surface area contributed by atoms with Gasteiger partial charge in [-0.05, 0) is 6.07 Å². The molecule has 0 fully saturated rings. The number of nitrogens with zero attached hydrogens (tertiary/aromatic N) is 1. The minimum Gasteiger partial charge on any atom is -0.478 e. The van der Waals surface area contributed by atoms with Gasteiger partial charge in [-0.25, -0.2) is 13.2 Å². The lowest BCUT2D eigenvalue weighted by Crippen LogP contribution is -2.04. The number of carbonyl (C=O) groups is 1. The Kier molecular flexibility index (Phi) is 2.53. The van der Waals surface area contributed by atoms with Crippen LogP contribution in [0.5, 0.6) is 0 Å². The number of aromatic nitrogens is 1. The third-order valence-electron chi connectivity index (χ3n) is 1.28. The van der Waals surface area contributed by atoms with Crippen LogP contribution in [0.3, 0.4) is 0 Å². The van der Waals surface area contributed by atoms with Crippen LogP contribution in [0.25, 0.3) is 0 Å². The van der Waals surface area contributed by atoms with Crippen molar-refractivity contribution >= 4 is 25.7 Å². The van der Waals surface area contributed by atoms with Crippen LogP contribution in [0.1, 0.15) is 10.4 Å². The molecule has 7 heteroatoms. The van der Waals surface area contributed by atoms with E-state index in [1.54, 1.807) is 0 Å². The van der Waals surface area contributed by atoms with Gasteiger partial charge in [0, 0.05) is 23.1 Å². The highest BCUT2D eigenvalue weighted by Crippen LogP contribution is 2.18. The molecule has 0 aliphatic heterocycles. The van der Waals surface area contributed by atoms with Gasteiger partial charge in [0.2, 0.25) is 0 Å². The monoisotopic (exact) mass is 221 g/mol. The first-order valence-electron chi connectivity index (χ1n) is 3.05. The summed E-state index contributed by atoms with van der Waals surface area (Å²) in [7, 11) is 0.927. The highest BCUT2D eigenvalue weighted by Gasteiger charge is 2.19. The Hall–Kier alpha value is -1.14. The van der Waals surface area contributed by atoms with Crippen LogP contribution in [0, 0.1) is 0 Å². The zero-order chi connectivity index (χ0) is 10.1. The van der Waals surface area contributed by atoms with Crippen LogP contribution in [0.4, 0.5) is 0 Å². The van der Waals surface area contributed by atoms with Gasteiger partial charge in [-0.3, -0.25) is 4.98 Å². The van der Waals surface area contributed by atoms with Crippen LogP contribution >= 0.6 is 10.7 Å². The lowest BCUT2D eigenvalue weighted by molar-refractivity contribution is 0.0692. The van der Waals surface area contributed by atoms with Crippen molar-refractivity contribution < 1.29 is 18.3 Å². The molecule has 0 atom stereocenters. The summed E-state index contributed by atoms with van der Waals surface area (Å²) in [5.41, 5.74) is -0.384. The fourth-order valence-corrected chi connectivity index (χ4v) is 1.72. The second-order valence-corrected chi connectivity index (χ2v) is 4.65. The zero-order valence-corrected chi connectivity index (χ0v) is 7.71. The van der Waals surface area contributed by atoms with Crippen molar-refractivity contribution in [1.82, 2.24) is 4.98 Å². The van der Waals surface area contributed by atoms with E-state index in [0.717, 1.165) is 12.3 Å². The van der Waals surface area contributed by atoms with E-state index in [1.165, 1.54) is 6.20 Å². The van der Waals surface area contributed by atoms with Crippen molar-refractivity contribution in [2.45, 2.75) is 4.90 Å². The molecule has 1 heterocycles. The maximum Gasteiger partial charge on any atom is 0.337 e. The Morgan fingerprint density at radius 1 is 1.54 bits per heavy atom. The quantitative estimate of drug-likeness (QED) is 0.744. The lowest BCUT2D eigenvalue weighted by atomic mass is 10.3. The first-order valence-corrected chi connectivity index (χ1v) is 5.36. The van der Waals surface area contributed by atoms with Crippen molar-refractivity contribution in [2.24, 2.45) is 0 Å². The summed E-state index contributed by atoms with van der Waals surface area (Å²) in [6, 6.07) is 1.07. The van der Waals surface area contributed by atoms with Crippen molar-refractivity contribution in [2.75, 3.05) is 0 Å². The van der Waals surface area contributed by atoms with Crippen LogP contribution in [-0.2, 0) is 9.05 Å². The zero-order valence-electron chi connectivity index (χ0n) is 6.14. The van der Waals surface area contributed by atoms with Crippen molar-refractivity contribution in [1.29, 1.82) is 0 Å². The molecular formula is C6H4ClNO4S. The summed E-state index contributed by atoms with van der Waals surface area (Å²) in [6.45, 7) is 0. The number of hydrogen-bond donors (Lipinski definition) is 1. The number of pyridine rings is 1. The molecule has 1 aromatic rings. The van der Waals surface area contributed by atoms with Crippen molar-refractivity contribution in [3.05, 3.63) is 24.0 Å². The van der Waals surface area contributed by atoms with Gasteiger partial charge in [0.25, 0.3) is 9.05 Å². The highest BCUT2D eigenvalue weighted by atomic mass is 35.7. The Bertz CT molecular complexity index is 442. The Labute approximate surface area is 78.4 Å². The largest absolute Gasteiger partial charge is 0.478 e. The molecule has 0 unspecified atom stereocenters. The molecule has 1 N–H and O–H groups in total. The SMILES string of the molecule is O=C(O)c1ccncc1S(=O)(=O)Cl. The summed E-state index contributed by atoms with van der Waals surface area (Å²) >= 11 is 0. The first-order chi connectivity index (χ1) is 5.93. The molecular weight excluding hydrogens is 218 g/mol. The van der Waals surface area contributed by atoms with Gasteiger partial charge < -0.3 is 5.11 Å². The molecule has 0 aliphatic rings. The summed E-state index contributed by atoms with van der Waals surface area (Å²) in [4.78, 5) is 13.5. The van der Waals surface area contributed by atoms with Crippen LogP contribution in [-0.4, -0.2) is 24.5 Å². The minimum atomic E-state index is -4.05. The molecule has 0 aliphatic carbocycles. The van der Waals surface area contributed by atoms with Crippen molar-refractivity contribution in [3.63, 3.8) is 0 Å². The van der Waals surface area contributed by atoms with E-state index in [4.69, 9.17) is 15.8 Å². The van der Waals surface area contributed by atoms with E-state index in [1.807, 2.05) is 0 Å². The van der Waals surface area contributed by atoms with E-state index < -0.39 is 19.9 Å². The summed E-state index contributed by atoms with van der Waals surface area (Å²) in [6.07, 6.45) is 2.07. The van der Waals surface area contributed by atoms with E-state index >= 15 is 0 Å². The van der Waals surface area contributed by atoms with Crippen LogP contribution in [0.15, 0.2) is 23.4 Å². The topological polar surface area (TPSA) is 84.3 Å². The molecule has 0 amide bonds. The van der Waals surface area contributed by atoms with Gasteiger partial charge in [0.1, 0.15) is 4.90 Å². The van der Waals surface area contributed by atoms with Gasteiger partial charge in [0.15, 0.2) is 0 Å². The maximum absolute atomic E-state index is 10.8. The number of carboxylic acid groups (broad SMARTS) is 1. The Balaban J connectivity index is 3.46.